The molecule has 4 nitrogen and oxygen atoms in total. The molecule has 1 aliphatic heterocycles. The van der Waals surface area contributed by atoms with Crippen LogP contribution in [-0.2, 0) is 12.8 Å². The number of fused-ring (bicyclic) bond motifs is 1. The monoisotopic (exact) mass is 454 g/mol. The second kappa shape index (κ2) is 10.6. The summed E-state index contributed by atoms with van der Waals surface area (Å²) in [5, 5.41) is 1.36. The maximum atomic E-state index is 4.49. The fraction of sp³-hybridized carbons (Fsp3) is 0.433. The Morgan fingerprint density at radius 1 is 1.09 bits per heavy atom. The number of aromatic amines is 1. The van der Waals surface area contributed by atoms with Crippen molar-refractivity contribution in [2.45, 2.75) is 58.3 Å². The largest absolute Gasteiger partial charge is 0.361 e. The quantitative estimate of drug-likeness (QED) is 0.303. The molecule has 1 atom stereocenters. The van der Waals surface area contributed by atoms with Crippen LogP contribution < -0.4 is 0 Å². The number of hydrogen-bond acceptors (Lipinski definition) is 2. The van der Waals surface area contributed by atoms with Crippen LogP contribution >= 0.6 is 0 Å². The van der Waals surface area contributed by atoms with Gasteiger partial charge in [-0.15, -0.1) is 0 Å². The van der Waals surface area contributed by atoms with Gasteiger partial charge < -0.3 is 14.5 Å². The number of benzene rings is 2. The lowest BCUT2D eigenvalue weighted by Crippen LogP contribution is -2.36. The molecule has 0 saturated carbocycles. The first-order valence-electron chi connectivity index (χ1n) is 13.1. The number of aromatic nitrogens is 3. The van der Waals surface area contributed by atoms with Crippen LogP contribution in [0.4, 0.5) is 0 Å². The van der Waals surface area contributed by atoms with E-state index in [-0.39, 0.29) is 0 Å². The van der Waals surface area contributed by atoms with Crippen LogP contribution in [-0.4, -0.2) is 39.1 Å². The van der Waals surface area contributed by atoms with Gasteiger partial charge in [0.15, 0.2) is 0 Å². The molecular formula is C30H38N4. The Morgan fingerprint density at radius 3 is 2.71 bits per heavy atom. The van der Waals surface area contributed by atoms with Crippen molar-refractivity contribution in [1.29, 1.82) is 0 Å². The number of likely N-dealkylation sites (tertiary alicyclic amines) is 1. The Balaban J connectivity index is 1.12. The number of aryl methyl sites for hydroxylation is 2. The Bertz CT molecular complexity index is 1180. The summed E-state index contributed by atoms with van der Waals surface area (Å²) in [4.78, 5) is 10.7. The molecule has 3 heterocycles. The highest BCUT2D eigenvalue weighted by atomic mass is 15.1. The summed E-state index contributed by atoms with van der Waals surface area (Å²) in [7, 11) is 0. The van der Waals surface area contributed by atoms with Crippen molar-refractivity contribution >= 4 is 10.9 Å². The average molecular weight is 455 g/mol. The van der Waals surface area contributed by atoms with Gasteiger partial charge in [-0.3, -0.25) is 0 Å². The third kappa shape index (κ3) is 5.12. The molecule has 2 aromatic heterocycles. The first kappa shape index (κ1) is 22.9. The zero-order chi connectivity index (χ0) is 23.3. The Kier molecular flexibility index (Phi) is 7.15. The lowest BCUT2D eigenvalue weighted by Gasteiger charge is -2.33. The molecule has 2 aromatic carbocycles. The molecular weight excluding hydrogens is 416 g/mol. The predicted molar refractivity (Wildman–Crippen MR) is 142 cm³/mol. The van der Waals surface area contributed by atoms with Crippen LogP contribution in [0.25, 0.3) is 16.6 Å². The van der Waals surface area contributed by atoms with E-state index in [1.807, 2.05) is 6.20 Å². The van der Waals surface area contributed by atoms with E-state index in [2.05, 4.69) is 94.2 Å². The predicted octanol–water partition coefficient (Wildman–Crippen LogP) is 6.75. The van der Waals surface area contributed by atoms with Crippen LogP contribution in [0.15, 0.2) is 67.1 Å². The minimum atomic E-state index is 0.611. The van der Waals surface area contributed by atoms with Crippen molar-refractivity contribution in [3.05, 3.63) is 84.1 Å². The van der Waals surface area contributed by atoms with Crippen LogP contribution in [0.1, 0.15) is 62.4 Å². The molecule has 0 amide bonds. The summed E-state index contributed by atoms with van der Waals surface area (Å²) >= 11 is 0. The van der Waals surface area contributed by atoms with Crippen LogP contribution in [0, 0.1) is 5.92 Å². The van der Waals surface area contributed by atoms with Gasteiger partial charge >= 0.3 is 0 Å². The van der Waals surface area contributed by atoms with Crippen LogP contribution in [0.5, 0.6) is 0 Å². The lowest BCUT2D eigenvalue weighted by molar-refractivity contribution is 0.171. The average Bonchev–Trinajstić information content (AvgIpc) is 3.52. The van der Waals surface area contributed by atoms with Crippen molar-refractivity contribution in [2.75, 3.05) is 19.6 Å². The third-order valence-corrected chi connectivity index (χ3v) is 7.73. The molecule has 1 unspecified atom stereocenters. The highest BCUT2D eigenvalue weighted by molar-refractivity contribution is 5.85. The first-order chi connectivity index (χ1) is 16.7. The van der Waals surface area contributed by atoms with E-state index < -0.39 is 0 Å². The number of piperidine rings is 1. The van der Waals surface area contributed by atoms with Crippen molar-refractivity contribution in [1.82, 2.24) is 19.4 Å². The zero-order valence-electron chi connectivity index (χ0n) is 20.7. The van der Waals surface area contributed by atoms with Gasteiger partial charge in [-0.05, 0) is 79.9 Å². The number of H-pyrrole nitrogens is 1. The van der Waals surface area contributed by atoms with Gasteiger partial charge in [0.25, 0.3) is 0 Å². The minimum Gasteiger partial charge on any atom is -0.361 e. The van der Waals surface area contributed by atoms with Gasteiger partial charge in [0.1, 0.15) is 5.82 Å². The summed E-state index contributed by atoms with van der Waals surface area (Å²) < 4.78 is 2.21. The van der Waals surface area contributed by atoms with E-state index in [4.69, 9.17) is 0 Å². The molecule has 0 spiro atoms. The van der Waals surface area contributed by atoms with E-state index >= 15 is 0 Å². The standard InChI is InChI=1S/C30H38N4/c1-3-30-31-16-19-34(30)27-12-13-29-28(20-27)26(21-32-29)11-7-8-24-14-17-33(18-15-24)22-23(2)25-9-5-4-6-10-25/h4-6,9-10,12-13,16,19-21,23-24,32H,3,7-8,11,14-15,17-18,22H2,1-2H3. The van der Waals surface area contributed by atoms with Gasteiger partial charge in [0.05, 0.1) is 0 Å². The normalized spacial score (nSPS) is 16.3. The van der Waals surface area contributed by atoms with Crippen LogP contribution in [0.2, 0.25) is 0 Å². The van der Waals surface area contributed by atoms with Gasteiger partial charge in [0, 0.05) is 48.1 Å². The van der Waals surface area contributed by atoms with Crippen molar-refractivity contribution in [3.8, 4) is 5.69 Å². The minimum absolute atomic E-state index is 0.611. The third-order valence-electron chi connectivity index (χ3n) is 7.73. The Labute approximate surface area is 204 Å². The van der Waals surface area contributed by atoms with Crippen molar-refractivity contribution in [2.24, 2.45) is 5.92 Å². The molecule has 1 N–H and O–H groups in total. The molecule has 0 bridgehead atoms. The Hall–Kier alpha value is -2.85. The second-order valence-electron chi connectivity index (χ2n) is 10.1. The summed E-state index contributed by atoms with van der Waals surface area (Å²) in [5.41, 5.74) is 5.35. The van der Waals surface area contributed by atoms with E-state index in [0.29, 0.717) is 5.92 Å². The maximum absolute atomic E-state index is 4.49. The van der Waals surface area contributed by atoms with E-state index in [0.717, 1.165) is 24.6 Å². The molecule has 1 aliphatic rings. The number of imidazole rings is 1. The number of rotatable bonds is 9. The fourth-order valence-electron chi connectivity index (χ4n) is 5.67. The fourth-order valence-corrected chi connectivity index (χ4v) is 5.67. The highest BCUT2D eigenvalue weighted by Crippen LogP contribution is 2.28. The molecule has 34 heavy (non-hydrogen) atoms. The molecule has 0 aliphatic carbocycles. The second-order valence-corrected chi connectivity index (χ2v) is 10.1. The summed E-state index contributed by atoms with van der Waals surface area (Å²) in [6.45, 7) is 8.22. The summed E-state index contributed by atoms with van der Waals surface area (Å²) in [6, 6.07) is 17.7. The summed E-state index contributed by atoms with van der Waals surface area (Å²) in [5.74, 6) is 2.60. The van der Waals surface area contributed by atoms with Crippen LogP contribution in [0.3, 0.4) is 0 Å². The SMILES string of the molecule is CCc1nccn1-c1ccc2[nH]cc(CCCC3CCN(CC(C)c4ccccc4)CC3)c2c1. The smallest absolute Gasteiger partial charge is 0.112 e. The van der Waals surface area contributed by atoms with Crippen molar-refractivity contribution < 1.29 is 0 Å². The molecule has 4 heteroatoms. The number of nitrogens with zero attached hydrogens (tertiary/aromatic N) is 3. The molecule has 178 valence electrons. The maximum Gasteiger partial charge on any atom is 0.112 e. The molecule has 4 aromatic rings. The lowest BCUT2D eigenvalue weighted by atomic mass is 9.90. The van der Waals surface area contributed by atoms with Gasteiger partial charge in [-0.1, -0.05) is 50.6 Å². The van der Waals surface area contributed by atoms with Gasteiger partial charge in [-0.25, -0.2) is 4.98 Å². The van der Waals surface area contributed by atoms with Crippen molar-refractivity contribution in [3.63, 3.8) is 0 Å². The van der Waals surface area contributed by atoms with Gasteiger partial charge in [-0.2, -0.15) is 0 Å². The molecule has 5 rings (SSSR count). The Morgan fingerprint density at radius 2 is 1.91 bits per heavy atom. The molecule has 1 fully saturated rings. The number of hydrogen-bond donors (Lipinski definition) is 1. The van der Waals surface area contributed by atoms with E-state index in [1.54, 1.807) is 0 Å². The van der Waals surface area contributed by atoms with E-state index in [9.17, 15) is 0 Å². The number of nitrogens with one attached hydrogen (secondary N) is 1. The van der Waals surface area contributed by atoms with E-state index in [1.165, 1.54) is 73.0 Å². The zero-order valence-corrected chi connectivity index (χ0v) is 20.7. The first-order valence-corrected chi connectivity index (χ1v) is 13.1. The van der Waals surface area contributed by atoms with Gasteiger partial charge in [0.2, 0.25) is 0 Å². The highest BCUT2D eigenvalue weighted by Gasteiger charge is 2.21. The topological polar surface area (TPSA) is 36.9 Å². The summed E-state index contributed by atoms with van der Waals surface area (Å²) in [6.07, 6.45) is 13.6. The molecule has 1 saturated heterocycles. The molecule has 0 radical (unpaired) electrons.